The van der Waals surface area contributed by atoms with E-state index < -0.39 is 0 Å². The van der Waals surface area contributed by atoms with Gasteiger partial charge >= 0.3 is 0 Å². The molecule has 0 fully saturated rings. The fourth-order valence-corrected chi connectivity index (χ4v) is 2.68. The average Bonchev–Trinajstić information content (AvgIpc) is 3.20. The van der Waals surface area contributed by atoms with Gasteiger partial charge in [0.05, 0.1) is 11.9 Å². The minimum Gasteiger partial charge on any atom is -0.484 e. The maximum atomic E-state index is 12.0. The van der Waals surface area contributed by atoms with Crippen molar-refractivity contribution < 1.29 is 19.0 Å². The van der Waals surface area contributed by atoms with Crippen LogP contribution in [-0.2, 0) is 11.3 Å². The molecule has 1 amide bonds. The Morgan fingerprint density at radius 2 is 1.89 bits per heavy atom. The molecule has 142 valence electrons. The van der Waals surface area contributed by atoms with Crippen LogP contribution in [-0.4, -0.2) is 24.3 Å². The van der Waals surface area contributed by atoms with Crippen molar-refractivity contribution in [2.45, 2.75) is 6.54 Å². The molecule has 0 radical (unpaired) electrons. The quantitative estimate of drug-likeness (QED) is 0.656. The predicted molar refractivity (Wildman–Crippen MR) is 105 cm³/mol. The summed E-state index contributed by atoms with van der Waals surface area (Å²) in [6.45, 7) is 0.797. The number of rotatable bonds is 7. The molecule has 2 heterocycles. The van der Waals surface area contributed by atoms with Crippen LogP contribution in [0.1, 0.15) is 5.56 Å². The van der Waals surface area contributed by atoms with Gasteiger partial charge in [-0.25, -0.2) is 4.98 Å². The summed E-state index contributed by atoms with van der Waals surface area (Å²) in [4.78, 5) is 16.3. The van der Waals surface area contributed by atoms with Gasteiger partial charge in [-0.3, -0.25) is 4.79 Å². The summed E-state index contributed by atoms with van der Waals surface area (Å²) in [5.74, 6) is 2.63. The number of amides is 1. The fourth-order valence-electron chi connectivity index (χ4n) is 2.68. The van der Waals surface area contributed by atoms with Crippen LogP contribution in [0.3, 0.4) is 0 Å². The summed E-state index contributed by atoms with van der Waals surface area (Å²) in [6.07, 6.45) is 1.60. The minimum absolute atomic E-state index is 0.0614. The molecule has 0 atom stereocenters. The monoisotopic (exact) mass is 377 g/mol. The number of carbonyl (C=O) groups is 1. The topological polar surface area (TPSA) is 81.7 Å². The molecule has 4 rings (SSSR count). The van der Waals surface area contributed by atoms with Gasteiger partial charge in [0.2, 0.25) is 6.79 Å². The van der Waals surface area contributed by atoms with E-state index in [9.17, 15) is 4.79 Å². The van der Waals surface area contributed by atoms with E-state index in [2.05, 4.69) is 15.6 Å². The molecule has 1 aliphatic rings. The number of hydrogen-bond acceptors (Lipinski definition) is 6. The molecule has 0 spiro atoms. The Labute approximate surface area is 162 Å². The number of nitrogens with zero attached hydrogens (tertiary/aromatic N) is 1. The number of pyridine rings is 1. The largest absolute Gasteiger partial charge is 0.484 e. The van der Waals surface area contributed by atoms with Crippen molar-refractivity contribution in [1.82, 2.24) is 4.98 Å². The smallest absolute Gasteiger partial charge is 0.262 e. The molecule has 2 N–H and O–H groups in total. The van der Waals surface area contributed by atoms with Crippen LogP contribution in [0.25, 0.3) is 0 Å². The molecule has 0 aliphatic carbocycles. The molecule has 0 unspecified atom stereocenters. The van der Waals surface area contributed by atoms with E-state index in [1.54, 1.807) is 30.5 Å². The van der Waals surface area contributed by atoms with E-state index in [0.717, 1.165) is 17.1 Å². The lowest BCUT2D eigenvalue weighted by Crippen LogP contribution is -2.20. The SMILES string of the molecule is O=C(COc1ccccc1)Nc1ccc(NCc2ccc3c(c2)OCO3)nc1. The van der Waals surface area contributed by atoms with Gasteiger partial charge in [0, 0.05) is 6.54 Å². The Balaban J connectivity index is 1.26. The molecular formula is C21H19N3O4. The molecule has 0 saturated heterocycles. The van der Waals surface area contributed by atoms with Crippen molar-refractivity contribution >= 4 is 17.4 Å². The maximum absolute atomic E-state index is 12.0. The van der Waals surface area contributed by atoms with Gasteiger partial charge in [0.25, 0.3) is 5.91 Å². The molecule has 1 aromatic heterocycles. The van der Waals surface area contributed by atoms with Crippen LogP contribution in [0.15, 0.2) is 66.9 Å². The van der Waals surface area contributed by atoms with Crippen molar-refractivity contribution in [3.05, 3.63) is 72.4 Å². The standard InChI is InChI=1S/C21H19N3O4/c25-21(13-26-17-4-2-1-3-5-17)24-16-7-9-20(23-12-16)22-11-15-6-8-18-19(10-15)28-14-27-18/h1-10,12H,11,13-14H2,(H,22,23)(H,24,25). The second-order valence-electron chi connectivity index (χ2n) is 6.12. The lowest BCUT2D eigenvalue weighted by molar-refractivity contribution is -0.118. The Kier molecular flexibility index (Phi) is 5.24. The highest BCUT2D eigenvalue weighted by Gasteiger charge is 2.13. The Morgan fingerprint density at radius 3 is 2.71 bits per heavy atom. The molecule has 2 aromatic carbocycles. The third kappa shape index (κ3) is 4.50. The Morgan fingerprint density at radius 1 is 1.04 bits per heavy atom. The molecular weight excluding hydrogens is 358 g/mol. The number of aromatic nitrogens is 1. The van der Waals surface area contributed by atoms with E-state index in [4.69, 9.17) is 14.2 Å². The molecule has 0 bridgehead atoms. The van der Waals surface area contributed by atoms with Gasteiger partial charge in [-0.2, -0.15) is 0 Å². The normalized spacial score (nSPS) is 11.7. The number of carbonyl (C=O) groups excluding carboxylic acids is 1. The van der Waals surface area contributed by atoms with Crippen molar-refractivity contribution in [1.29, 1.82) is 0 Å². The summed E-state index contributed by atoms with van der Waals surface area (Å²) >= 11 is 0. The lowest BCUT2D eigenvalue weighted by Gasteiger charge is -2.09. The molecule has 0 saturated carbocycles. The fraction of sp³-hybridized carbons (Fsp3) is 0.143. The summed E-state index contributed by atoms with van der Waals surface area (Å²) in [6, 6.07) is 18.6. The van der Waals surface area contributed by atoms with Crippen LogP contribution >= 0.6 is 0 Å². The lowest BCUT2D eigenvalue weighted by atomic mass is 10.2. The first-order valence-electron chi connectivity index (χ1n) is 8.82. The van der Waals surface area contributed by atoms with Crippen LogP contribution in [0.4, 0.5) is 11.5 Å². The zero-order valence-electron chi connectivity index (χ0n) is 15.1. The zero-order valence-corrected chi connectivity index (χ0v) is 15.1. The van der Waals surface area contributed by atoms with Gasteiger partial charge < -0.3 is 24.8 Å². The van der Waals surface area contributed by atoms with Gasteiger partial charge in [-0.1, -0.05) is 24.3 Å². The summed E-state index contributed by atoms with van der Waals surface area (Å²) in [7, 11) is 0. The third-order valence-electron chi connectivity index (χ3n) is 4.07. The van der Waals surface area contributed by atoms with Crippen LogP contribution in [0.5, 0.6) is 17.2 Å². The number of benzene rings is 2. The Bertz CT molecular complexity index is 946. The molecule has 1 aliphatic heterocycles. The van der Waals surface area contributed by atoms with E-state index in [1.165, 1.54) is 0 Å². The Hall–Kier alpha value is -3.74. The van der Waals surface area contributed by atoms with E-state index in [0.29, 0.717) is 23.8 Å². The number of nitrogens with one attached hydrogen (secondary N) is 2. The minimum atomic E-state index is -0.244. The molecule has 3 aromatic rings. The third-order valence-corrected chi connectivity index (χ3v) is 4.07. The van der Waals surface area contributed by atoms with Gasteiger partial charge in [-0.15, -0.1) is 0 Å². The zero-order chi connectivity index (χ0) is 19.2. The average molecular weight is 377 g/mol. The summed E-state index contributed by atoms with van der Waals surface area (Å²) < 4.78 is 16.1. The summed E-state index contributed by atoms with van der Waals surface area (Å²) in [5, 5.41) is 5.99. The molecule has 28 heavy (non-hydrogen) atoms. The highest BCUT2D eigenvalue weighted by molar-refractivity contribution is 5.91. The van der Waals surface area contributed by atoms with Crippen molar-refractivity contribution in [3.63, 3.8) is 0 Å². The van der Waals surface area contributed by atoms with E-state index in [1.807, 2.05) is 36.4 Å². The highest BCUT2D eigenvalue weighted by atomic mass is 16.7. The maximum Gasteiger partial charge on any atom is 0.262 e. The number of anilines is 2. The van der Waals surface area contributed by atoms with Crippen LogP contribution in [0.2, 0.25) is 0 Å². The number of hydrogen-bond donors (Lipinski definition) is 2. The van der Waals surface area contributed by atoms with Gasteiger partial charge in [0.1, 0.15) is 11.6 Å². The summed E-state index contributed by atoms with van der Waals surface area (Å²) in [5.41, 5.74) is 1.66. The first-order valence-corrected chi connectivity index (χ1v) is 8.82. The van der Waals surface area contributed by atoms with E-state index in [-0.39, 0.29) is 19.3 Å². The second-order valence-corrected chi connectivity index (χ2v) is 6.12. The number of fused-ring (bicyclic) bond motifs is 1. The highest BCUT2D eigenvalue weighted by Crippen LogP contribution is 2.32. The van der Waals surface area contributed by atoms with Crippen molar-refractivity contribution in [2.24, 2.45) is 0 Å². The van der Waals surface area contributed by atoms with Crippen molar-refractivity contribution in [3.8, 4) is 17.2 Å². The molecule has 7 heteroatoms. The van der Waals surface area contributed by atoms with E-state index >= 15 is 0 Å². The van der Waals surface area contributed by atoms with Gasteiger partial charge in [-0.05, 0) is 42.0 Å². The van der Waals surface area contributed by atoms with Gasteiger partial charge in [0.15, 0.2) is 18.1 Å². The van der Waals surface area contributed by atoms with Crippen LogP contribution in [0, 0.1) is 0 Å². The van der Waals surface area contributed by atoms with Crippen LogP contribution < -0.4 is 24.8 Å². The number of para-hydroxylation sites is 1. The number of ether oxygens (including phenoxy) is 3. The van der Waals surface area contributed by atoms with Crippen molar-refractivity contribution in [2.75, 3.05) is 24.0 Å². The second kappa shape index (κ2) is 8.30. The first kappa shape index (κ1) is 17.7. The first-order chi connectivity index (χ1) is 13.8. The predicted octanol–water partition coefficient (Wildman–Crippen LogP) is 3.44. The molecule has 7 nitrogen and oxygen atoms in total.